The third-order valence-electron chi connectivity index (χ3n) is 6.25. The minimum absolute atomic E-state index is 0.0967. The predicted molar refractivity (Wildman–Crippen MR) is 114 cm³/mol. The second-order valence-corrected chi connectivity index (χ2v) is 10.3. The van der Waals surface area contributed by atoms with Gasteiger partial charge in [0.2, 0.25) is 15.9 Å². The summed E-state index contributed by atoms with van der Waals surface area (Å²) < 4.78 is 31.7. The van der Waals surface area contributed by atoms with Gasteiger partial charge in [0.1, 0.15) is 0 Å². The van der Waals surface area contributed by atoms with Crippen LogP contribution in [0.4, 0.5) is 0 Å². The Morgan fingerprint density at radius 1 is 0.967 bits per heavy atom. The van der Waals surface area contributed by atoms with Crippen LogP contribution >= 0.6 is 0 Å². The van der Waals surface area contributed by atoms with Gasteiger partial charge >= 0.3 is 5.97 Å². The molecule has 166 valence electrons. The largest absolute Gasteiger partial charge is 0.469 e. The van der Waals surface area contributed by atoms with E-state index in [-0.39, 0.29) is 29.5 Å². The van der Waals surface area contributed by atoms with Crippen molar-refractivity contribution in [1.82, 2.24) is 9.21 Å². The first kappa shape index (κ1) is 22.7. The van der Waals surface area contributed by atoms with E-state index < -0.39 is 10.0 Å². The third kappa shape index (κ3) is 5.82. The molecule has 2 fully saturated rings. The van der Waals surface area contributed by atoms with E-state index in [0.29, 0.717) is 58.3 Å². The van der Waals surface area contributed by atoms with Gasteiger partial charge in [-0.3, -0.25) is 9.59 Å². The Hall–Kier alpha value is -1.93. The maximum Gasteiger partial charge on any atom is 0.308 e. The Bertz CT molecular complexity index is 811. The Labute approximate surface area is 179 Å². The maximum absolute atomic E-state index is 12.8. The molecule has 1 aromatic carbocycles. The second kappa shape index (κ2) is 10.4. The molecule has 0 unspecified atom stereocenters. The molecule has 1 aromatic rings. The number of piperidine rings is 2. The van der Waals surface area contributed by atoms with E-state index in [1.165, 1.54) is 7.11 Å². The van der Waals surface area contributed by atoms with E-state index in [9.17, 15) is 18.0 Å². The highest BCUT2D eigenvalue weighted by Crippen LogP contribution is 2.25. The predicted octanol–water partition coefficient (Wildman–Crippen LogP) is 2.07. The molecule has 0 atom stereocenters. The lowest BCUT2D eigenvalue weighted by molar-refractivity contribution is -0.149. The lowest BCUT2D eigenvalue weighted by Crippen LogP contribution is -2.47. The lowest BCUT2D eigenvalue weighted by Gasteiger charge is -2.36. The Kier molecular flexibility index (Phi) is 7.88. The SMILES string of the molecule is COC(=O)C1CCN(C(=O)C2CCN(S(=O)(=O)CCCc3ccccc3)CC2)CC1. The summed E-state index contributed by atoms with van der Waals surface area (Å²) >= 11 is 0. The van der Waals surface area contributed by atoms with Gasteiger partial charge in [-0.15, -0.1) is 0 Å². The fourth-order valence-electron chi connectivity index (χ4n) is 4.37. The van der Waals surface area contributed by atoms with Crippen molar-refractivity contribution in [2.24, 2.45) is 11.8 Å². The molecule has 0 aliphatic carbocycles. The monoisotopic (exact) mass is 436 g/mol. The first-order valence-corrected chi connectivity index (χ1v) is 12.4. The molecule has 2 aliphatic rings. The van der Waals surface area contributed by atoms with Crippen LogP contribution in [0.2, 0.25) is 0 Å². The lowest BCUT2D eigenvalue weighted by atomic mass is 9.92. The molecule has 8 heteroatoms. The van der Waals surface area contributed by atoms with E-state index in [4.69, 9.17) is 4.74 Å². The first-order chi connectivity index (χ1) is 14.4. The van der Waals surface area contributed by atoms with Gasteiger partial charge in [-0.2, -0.15) is 0 Å². The van der Waals surface area contributed by atoms with Crippen LogP contribution in [0.25, 0.3) is 0 Å². The van der Waals surface area contributed by atoms with Crippen LogP contribution in [0, 0.1) is 11.8 Å². The molecule has 7 nitrogen and oxygen atoms in total. The highest BCUT2D eigenvalue weighted by molar-refractivity contribution is 7.89. The van der Waals surface area contributed by atoms with E-state index >= 15 is 0 Å². The highest BCUT2D eigenvalue weighted by atomic mass is 32.2. The summed E-state index contributed by atoms with van der Waals surface area (Å²) in [5.74, 6) is -0.216. The van der Waals surface area contributed by atoms with E-state index in [0.717, 1.165) is 12.0 Å². The van der Waals surface area contributed by atoms with Crippen LogP contribution in [-0.2, 0) is 30.8 Å². The van der Waals surface area contributed by atoms with Gasteiger partial charge in [0, 0.05) is 32.1 Å². The molecule has 0 saturated carbocycles. The van der Waals surface area contributed by atoms with E-state index in [1.54, 1.807) is 4.31 Å². The number of hydrogen-bond donors (Lipinski definition) is 0. The number of ether oxygens (including phenoxy) is 1. The van der Waals surface area contributed by atoms with E-state index in [2.05, 4.69) is 0 Å². The molecule has 0 N–H and O–H groups in total. The zero-order chi connectivity index (χ0) is 21.6. The van der Waals surface area contributed by atoms with Gasteiger partial charge in [0.15, 0.2) is 0 Å². The van der Waals surface area contributed by atoms with Crippen molar-refractivity contribution >= 4 is 21.9 Å². The number of nitrogens with zero attached hydrogens (tertiary/aromatic N) is 2. The molecule has 0 bridgehead atoms. The number of aryl methyl sites for hydroxylation is 1. The number of carbonyl (C=O) groups excluding carboxylic acids is 2. The van der Waals surface area contributed by atoms with Gasteiger partial charge < -0.3 is 9.64 Å². The normalized spacial score (nSPS) is 19.6. The highest BCUT2D eigenvalue weighted by Gasteiger charge is 2.35. The smallest absolute Gasteiger partial charge is 0.308 e. The van der Waals surface area contributed by atoms with Gasteiger partial charge in [0.25, 0.3) is 0 Å². The molecule has 0 spiro atoms. The molecule has 2 saturated heterocycles. The summed E-state index contributed by atoms with van der Waals surface area (Å²) in [5.41, 5.74) is 1.15. The van der Waals surface area contributed by atoms with Gasteiger partial charge in [0.05, 0.1) is 18.8 Å². The number of hydrogen-bond acceptors (Lipinski definition) is 5. The first-order valence-electron chi connectivity index (χ1n) is 10.8. The molecular formula is C22H32N2O5S. The zero-order valence-corrected chi connectivity index (χ0v) is 18.5. The number of methoxy groups -OCH3 is 1. The summed E-state index contributed by atoms with van der Waals surface area (Å²) in [5, 5.41) is 0. The van der Waals surface area contributed by atoms with E-state index in [1.807, 2.05) is 35.2 Å². The van der Waals surface area contributed by atoms with Crippen molar-refractivity contribution in [3.8, 4) is 0 Å². The summed E-state index contributed by atoms with van der Waals surface area (Å²) in [6.07, 6.45) is 3.73. The summed E-state index contributed by atoms with van der Waals surface area (Å²) in [6.45, 7) is 1.94. The second-order valence-electron chi connectivity index (χ2n) is 8.20. The fraction of sp³-hybridized carbons (Fsp3) is 0.636. The number of benzene rings is 1. The van der Waals surface area contributed by atoms with Crippen LogP contribution in [0.5, 0.6) is 0 Å². The molecular weight excluding hydrogens is 404 g/mol. The minimum atomic E-state index is -3.29. The van der Waals surface area contributed by atoms with Gasteiger partial charge in [-0.25, -0.2) is 12.7 Å². The minimum Gasteiger partial charge on any atom is -0.469 e. The van der Waals surface area contributed by atoms with Crippen LogP contribution in [0.1, 0.15) is 37.7 Å². The summed E-state index contributed by atoms with van der Waals surface area (Å²) in [4.78, 5) is 26.3. The van der Waals surface area contributed by atoms with Crippen molar-refractivity contribution in [1.29, 1.82) is 0 Å². The number of carbonyl (C=O) groups is 2. The Morgan fingerprint density at radius 2 is 1.57 bits per heavy atom. The maximum atomic E-state index is 12.8. The summed E-state index contributed by atoms with van der Waals surface area (Å²) in [6, 6.07) is 9.90. The fourth-order valence-corrected chi connectivity index (χ4v) is 5.91. The van der Waals surface area contributed by atoms with Crippen LogP contribution < -0.4 is 0 Å². The molecule has 0 aromatic heterocycles. The molecule has 2 aliphatic heterocycles. The average Bonchev–Trinajstić information content (AvgIpc) is 2.79. The Balaban J connectivity index is 1.42. The number of rotatable bonds is 7. The number of sulfonamides is 1. The van der Waals surface area contributed by atoms with Crippen LogP contribution in [0.15, 0.2) is 30.3 Å². The number of amides is 1. The van der Waals surface area contributed by atoms with Crippen molar-refractivity contribution in [2.45, 2.75) is 38.5 Å². The van der Waals surface area contributed by atoms with Crippen LogP contribution in [-0.4, -0.2) is 68.5 Å². The number of likely N-dealkylation sites (tertiary alicyclic amines) is 1. The van der Waals surface area contributed by atoms with Crippen LogP contribution in [0.3, 0.4) is 0 Å². The van der Waals surface area contributed by atoms with Crippen molar-refractivity contribution < 1.29 is 22.7 Å². The quantitative estimate of drug-likeness (QED) is 0.611. The van der Waals surface area contributed by atoms with Crippen molar-refractivity contribution in [2.75, 3.05) is 39.0 Å². The van der Waals surface area contributed by atoms with Crippen molar-refractivity contribution in [3.63, 3.8) is 0 Å². The third-order valence-corrected chi connectivity index (χ3v) is 8.20. The Morgan fingerprint density at radius 3 is 2.17 bits per heavy atom. The molecule has 2 heterocycles. The van der Waals surface area contributed by atoms with Gasteiger partial charge in [-0.05, 0) is 44.1 Å². The summed E-state index contributed by atoms with van der Waals surface area (Å²) in [7, 11) is -1.90. The van der Waals surface area contributed by atoms with Crippen molar-refractivity contribution in [3.05, 3.63) is 35.9 Å². The molecule has 30 heavy (non-hydrogen) atoms. The van der Waals surface area contributed by atoms with Gasteiger partial charge in [-0.1, -0.05) is 30.3 Å². The topological polar surface area (TPSA) is 84.0 Å². The standard InChI is InChI=1S/C22H32N2O5S/c1-29-22(26)20-9-13-23(14-10-20)21(25)19-11-15-24(16-12-19)30(27,28)17-5-8-18-6-3-2-4-7-18/h2-4,6-7,19-20H,5,8-17H2,1H3. The zero-order valence-electron chi connectivity index (χ0n) is 17.7. The molecule has 1 amide bonds. The molecule has 0 radical (unpaired) electrons. The average molecular weight is 437 g/mol. The number of esters is 1. The molecule has 3 rings (SSSR count).